The Labute approximate surface area is 124 Å². The number of carbonyl (C=O) groups excluding carboxylic acids is 1. The van der Waals surface area contributed by atoms with E-state index in [4.69, 9.17) is 5.73 Å². The van der Waals surface area contributed by atoms with Gasteiger partial charge >= 0.3 is 0 Å². The molecule has 1 aromatic carbocycles. The van der Waals surface area contributed by atoms with E-state index in [1.807, 2.05) is 0 Å². The molecule has 6 nitrogen and oxygen atoms in total. The number of halogens is 2. The Kier molecular flexibility index (Phi) is 4.31. The number of hydrogen-bond donors (Lipinski definition) is 2. The third-order valence-electron chi connectivity index (χ3n) is 2.94. The van der Waals surface area contributed by atoms with E-state index < -0.39 is 15.8 Å². The molecule has 1 saturated heterocycles. The number of sulfonamides is 1. The van der Waals surface area contributed by atoms with Crippen LogP contribution >= 0.6 is 15.9 Å². The number of nitrogens with zero attached hydrogens (tertiary/aromatic N) is 1. The fraction of sp³-hybridized carbons (Fsp3) is 0.364. The third-order valence-corrected chi connectivity index (χ3v) is 5.80. The maximum absolute atomic E-state index is 13.3. The van der Waals surface area contributed by atoms with E-state index in [1.54, 1.807) is 0 Å². The van der Waals surface area contributed by atoms with Gasteiger partial charge < -0.3 is 11.1 Å². The van der Waals surface area contributed by atoms with Crippen LogP contribution in [0.15, 0.2) is 21.5 Å². The first kappa shape index (κ1) is 15.2. The van der Waals surface area contributed by atoms with Crippen LogP contribution < -0.4 is 11.1 Å². The van der Waals surface area contributed by atoms with Gasteiger partial charge in [-0.25, -0.2) is 12.8 Å². The van der Waals surface area contributed by atoms with Crippen LogP contribution in [0.25, 0.3) is 0 Å². The Hall–Kier alpha value is -1.19. The van der Waals surface area contributed by atoms with Gasteiger partial charge in [0.1, 0.15) is 5.82 Å². The van der Waals surface area contributed by atoms with Crippen molar-refractivity contribution in [3.63, 3.8) is 0 Å². The molecule has 1 fully saturated rings. The summed E-state index contributed by atoms with van der Waals surface area (Å²) in [5, 5.41) is 2.59. The molecule has 1 aromatic rings. The summed E-state index contributed by atoms with van der Waals surface area (Å²) in [4.78, 5) is 11.1. The number of hydrogen-bond acceptors (Lipinski definition) is 4. The molecule has 0 saturated carbocycles. The Morgan fingerprint density at radius 2 is 2.05 bits per heavy atom. The average molecular weight is 366 g/mol. The molecular weight excluding hydrogens is 353 g/mol. The lowest BCUT2D eigenvalue weighted by Crippen LogP contribution is -2.34. The van der Waals surface area contributed by atoms with E-state index in [2.05, 4.69) is 21.2 Å². The number of amides is 1. The van der Waals surface area contributed by atoms with Crippen LogP contribution in [-0.2, 0) is 14.8 Å². The highest BCUT2D eigenvalue weighted by molar-refractivity contribution is 9.10. The maximum atomic E-state index is 13.3. The van der Waals surface area contributed by atoms with E-state index in [1.165, 1.54) is 4.31 Å². The van der Waals surface area contributed by atoms with Gasteiger partial charge in [-0.15, -0.1) is 0 Å². The van der Waals surface area contributed by atoms with Crippen molar-refractivity contribution >= 4 is 37.5 Å². The van der Waals surface area contributed by atoms with Gasteiger partial charge in [0.25, 0.3) is 0 Å². The molecule has 1 heterocycles. The SMILES string of the molecule is Nc1cc(S(=O)(=O)N2CCNC(=O)CC2)c(Br)cc1F. The average Bonchev–Trinajstić information content (AvgIpc) is 2.59. The van der Waals surface area contributed by atoms with Crippen molar-refractivity contribution in [2.75, 3.05) is 25.4 Å². The van der Waals surface area contributed by atoms with Crippen molar-refractivity contribution in [1.29, 1.82) is 0 Å². The van der Waals surface area contributed by atoms with Crippen LogP contribution in [-0.4, -0.2) is 38.3 Å². The lowest BCUT2D eigenvalue weighted by molar-refractivity contribution is -0.120. The number of rotatable bonds is 2. The summed E-state index contributed by atoms with van der Waals surface area (Å²) in [7, 11) is -3.83. The molecule has 0 aliphatic carbocycles. The number of nitrogens with two attached hydrogens (primary N) is 1. The standard InChI is InChI=1S/C11H13BrFN3O3S/c12-7-5-8(13)9(14)6-10(7)20(18,19)16-3-1-11(17)15-2-4-16/h5-6H,1-4,14H2,(H,15,17). The lowest BCUT2D eigenvalue weighted by atomic mass is 10.3. The quantitative estimate of drug-likeness (QED) is 0.753. The maximum Gasteiger partial charge on any atom is 0.244 e. The molecule has 0 unspecified atom stereocenters. The minimum atomic E-state index is -3.83. The predicted octanol–water partition coefficient (Wildman–Crippen LogP) is 0.681. The summed E-state index contributed by atoms with van der Waals surface area (Å²) < 4.78 is 39.6. The van der Waals surface area contributed by atoms with E-state index in [-0.39, 0.29) is 47.0 Å². The van der Waals surface area contributed by atoms with E-state index in [0.717, 1.165) is 12.1 Å². The molecule has 9 heteroatoms. The zero-order chi connectivity index (χ0) is 14.9. The number of anilines is 1. The highest BCUT2D eigenvalue weighted by Gasteiger charge is 2.29. The molecule has 0 radical (unpaired) electrons. The van der Waals surface area contributed by atoms with Gasteiger partial charge in [-0.2, -0.15) is 4.31 Å². The minimum Gasteiger partial charge on any atom is -0.396 e. The van der Waals surface area contributed by atoms with E-state index >= 15 is 0 Å². The zero-order valence-electron chi connectivity index (χ0n) is 10.4. The highest BCUT2D eigenvalue weighted by Crippen LogP contribution is 2.29. The molecule has 0 aromatic heterocycles. The third kappa shape index (κ3) is 2.94. The second-order valence-corrected chi connectivity index (χ2v) is 7.07. The highest BCUT2D eigenvalue weighted by atomic mass is 79.9. The van der Waals surface area contributed by atoms with Crippen LogP contribution in [0.3, 0.4) is 0 Å². The molecule has 1 amide bonds. The van der Waals surface area contributed by atoms with Crippen molar-refractivity contribution in [3.05, 3.63) is 22.4 Å². The molecule has 1 aliphatic heterocycles. The molecule has 0 bridgehead atoms. The smallest absolute Gasteiger partial charge is 0.244 e. The molecule has 0 atom stereocenters. The minimum absolute atomic E-state index is 0.0812. The van der Waals surface area contributed by atoms with Gasteiger partial charge in [-0.3, -0.25) is 4.79 Å². The van der Waals surface area contributed by atoms with Crippen molar-refractivity contribution in [2.45, 2.75) is 11.3 Å². The summed E-state index contributed by atoms with van der Waals surface area (Å²) >= 11 is 3.03. The van der Waals surface area contributed by atoms with Gasteiger partial charge in [-0.1, -0.05) is 0 Å². The summed E-state index contributed by atoms with van der Waals surface area (Å²) in [6, 6.07) is 2.10. The summed E-state index contributed by atoms with van der Waals surface area (Å²) in [5.41, 5.74) is 5.18. The van der Waals surface area contributed by atoms with Gasteiger partial charge in [0.15, 0.2) is 0 Å². The van der Waals surface area contributed by atoms with E-state index in [0.29, 0.717) is 0 Å². The molecule has 1 aliphatic rings. The number of nitrogens with one attached hydrogen (secondary N) is 1. The lowest BCUT2D eigenvalue weighted by Gasteiger charge is -2.20. The van der Waals surface area contributed by atoms with Crippen LogP contribution in [0.5, 0.6) is 0 Å². The monoisotopic (exact) mass is 365 g/mol. The largest absolute Gasteiger partial charge is 0.396 e. The summed E-state index contributed by atoms with van der Waals surface area (Å²) in [6.45, 7) is 0.488. The number of nitrogen functional groups attached to an aromatic ring is 1. The Morgan fingerprint density at radius 1 is 1.35 bits per heavy atom. The molecular formula is C11H13BrFN3O3S. The van der Waals surface area contributed by atoms with Crippen LogP contribution in [0.1, 0.15) is 6.42 Å². The second-order valence-electron chi connectivity index (χ2n) is 4.31. The summed E-state index contributed by atoms with van der Waals surface area (Å²) in [5.74, 6) is -0.885. The van der Waals surface area contributed by atoms with Crippen LogP contribution in [0.4, 0.5) is 10.1 Å². The van der Waals surface area contributed by atoms with Gasteiger partial charge in [0.2, 0.25) is 15.9 Å². The van der Waals surface area contributed by atoms with Crippen molar-refractivity contribution in [1.82, 2.24) is 9.62 Å². The van der Waals surface area contributed by atoms with Crippen LogP contribution in [0, 0.1) is 5.82 Å². The first-order valence-corrected chi connectivity index (χ1v) is 8.07. The van der Waals surface area contributed by atoms with Crippen molar-refractivity contribution in [2.24, 2.45) is 0 Å². The first-order chi connectivity index (χ1) is 9.32. The Bertz CT molecular complexity index is 651. The zero-order valence-corrected chi connectivity index (χ0v) is 12.8. The van der Waals surface area contributed by atoms with E-state index in [9.17, 15) is 17.6 Å². The number of carbonyl (C=O) groups is 1. The molecule has 110 valence electrons. The Morgan fingerprint density at radius 3 is 2.75 bits per heavy atom. The fourth-order valence-corrected chi connectivity index (χ4v) is 4.32. The molecule has 0 spiro atoms. The molecule has 20 heavy (non-hydrogen) atoms. The molecule has 3 N–H and O–H groups in total. The van der Waals surface area contributed by atoms with Crippen molar-refractivity contribution in [3.8, 4) is 0 Å². The normalized spacial score (nSPS) is 17.6. The van der Waals surface area contributed by atoms with Gasteiger partial charge in [0, 0.05) is 30.5 Å². The van der Waals surface area contributed by atoms with Crippen molar-refractivity contribution < 1.29 is 17.6 Å². The fourth-order valence-electron chi connectivity index (χ4n) is 1.87. The second kappa shape index (κ2) is 5.66. The first-order valence-electron chi connectivity index (χ1n) is 5.84. The van der Waals surface area contributed by atoms with Gasteiger partial charge in [0.05, 0.1) is 10.6 Å². The number of benzene rings is 1. The summed E-state index contributed by atoms with van der Waals surface area (Å²) in [6.07, 6.45) is 0.0908. The molecule has 2 rings (SSSR count). The topological polar surface area (TPSA) is 92.5 Å². The predicted molar refractivity (Wildman–Crippen MR) is 74.9 cm³/mol. The van der Waals surface area contributed by atoms with Crippen LogP contribution in [0.2, 0.25) is 0 Å². The van der Waals surface area contributed by atoms with Gasteiger partial charge in [-0.05, 0) is 28.1 Å². The Balaban J connectivity index is 2.39.